The Balaban J connectivity index is 1.93. The number of ether oxygens (including phenoxy) is 2. The summed E-state index contributed by atoms with van der Waals surface area (Å²) in [6.45, 7) is 0.289. The van der Waals surface area contributed by atoms with Gasteiger partial charge in [-0.2, -0.15) is 0 Å². The molecule has 0 fully saturated rings. The lowest BCUT2D eigenvalue weighted by Gasteiger charge is -2.27. The zero-order valence-electron chi connectivity index (χ0n) is 14.8. The number of phenols is 1. The quantitative estimate of drug-likeness (QED) is 0.477. The van der Waals surface area contributed by atoms with Crippen molar-refractivity contribution in [2.24, 2.45) is 0 Å². The van der Waals surface area contributed by atoms with Crippen molar-refractivity contribution in [3.8, 4) is 23.1 Å². The molecule has 1 aliphatic heterocycles. The molecule has 27 heavy (non-hydrogen) atoms. The number of aliphatic hydroxyl groups is 1. The van der Waals surface area contributed by atoms with E-state index >= 15 is 0 Å². The van der Waals surface area contributed by atoms with Gasteiger partial charge in [-0.1, -0.05) is 23.2 Å². The van der Waals surface area contributed by atoms with E-state index < -0.39 is 0 Å². The molecule has 1 aromatic heterocycles. The third-order valence-electron chi connectivity index (χ3n) is 4.72. The van der Waals surface area contributed by atoms with E-state index in [9.17, 15) is 10.2 Å². The van der Waals surface area contributed by atoms with Gasteiger partial charge in [0, 0.05) is 11.6 Å². The van der Waals surface area contributed by atoms with Gasteiger partial charge in [0.15, 0.2) is 0 Å². The van der Waals surface area contributed by atoms with Gasteiger partial charge in [-0.05, 0) is 23.8 Å². The number of nitrogens with zero attached hydrogens (tertiary/aromatic N) is 2. The highest BCUT2D eigenvalue weighted by Crippen LogP contribution is 2.48. The van der Waals surface area contributed by atoms with Crippen molar-refractivity contribution in [3.05, 3.63) is 65.5 Å². The smallest absolute Gasteiger partial charge is 0.306 e. The van der Waals surface area contributed by atoms with E-state index in [0.717, 1.165) is 22.4 Å². The van der Waals surface area contributed by atoms with Gasteiger partial charge in [0.05, 0.1) is 26.2 Å². The Morgan fingerprint density at radius 1 is 1.22 bits per heavy atom. The Morgan fingerprint density at radius 2 is 2.00 bits per heavy atom. The molecule has 7 nitrogen and oxygen atoms in total. The first-order valence-corrected chi connectivity index (χ1v) is 8.55. The number of nitrogen functional groups attached to an aromatic ring is 1. The lowest BCUT2D eigenvalue weighted by Crippen LogP contribution is -2.41. The zero-order valence-corrected chi connectivity index (χ0v) is 14.8. The number of hydrogen-bond acceptors (Lipinski definition) is 6. The van der Waals surface area contributed by atoms with Crippen molar-refractivity contribution in [3.63, 3.8) is 0 Å². The van der Waals surface area contributed by atoms with Crippen LogP contribution >= 0.6 is 0 Å². The zero-order chi connectivity index (χ0) is 19.0. The Morgan fingerprint density at radius 3 is 2.70 bits per heavy atom. The second kappa shape index (κ2) is 6.77. The first kappa shape index (κ1) is 17.1. The number of aromatic nitrogens is 2. The number of hydrogen-bond donors (Lipinski definition) is 3. The molecule has 138 valence electrons. The van der Waals surface area contributed by atoms with E-state index in [1.807, 2.05) is 30.3 Å². The molecule has 0 bridgehead atoms. The van der Waals surface area contributed by atoms with E-state index in [2.05, 4.69) is 4.98 Å². The maximum atomic E-state index is 9.86. The topological polar surface area (TPSA) is 102 Å². The van der Waals surface area contributed by atoms with Crippen LogP contribution in [0, 0.1) is 0 Å². The number of rotatable bonds is 4. The van der Waals surface area contributed by atoms with Gasteiger partial charge in [0.1, 0.15) is 22.8 Å². The number of aromatic hydroxyl groups is 1. The summed E-state index contributed by atoms with van der Waals surface area (Å²) in [4.78, 5) is 4.38. The van der Waals surface area contributed by atoms with Gasteiger partial charge in [-0.25, -0.2) is 4.57 Å². The standard InChI is InChI=1S/C20H19N3O4/c1-26-14-5-2-12(3-6-14)17-15-7-4-13(25)10-16(15)27-20-18(17)19(21)23(8-9-24)11-22-20/h2-7,10-11,17,21,24-25H,8-9H2,1H3/p+1/t17-/m1/s1. The summed E-state index contributed by atoms with van der Waals surface area (Å²) in [5, 5.41) is 19.2. The normalized spacial score (nSPS) is 14.8. The van der Waals surface area contributed by atoms with Crippen molar-refractivity contribution in [2.45, 2.75) is 12.5 Å². The number of fused-ring (bicyclic) bond motifs is 2. The minimum atomic E-state index is -0.228. The molecular formula is C20H20N3O4+. The molecule has 4 rings (SSSR count). The van der Waals surface area contributed by atoms with E-state index in [-0.39, 0.29) is 18.3 Å². The average Bonchev–Trinajstić information content (AvgIpc) is 2.69. The highest BCUT2D eigenvalue weighted by molar-refractivity contribution is 5.62. The number of nitrogens with two attached hydrogens (primary N) is 1. The second-order valence-electron chi connectivity index (χ2n) is 6.30. The maximum absolute atomic E-state index is 9.86. The van der Waals surface area contributed by atoms with Gasteiger partial charge < -0.3 is 25.4 Å². The average molecular weight is 366 g/mol. The molecular weight excluding hydrogens is 346 g/mol. The summed E-state index contributed by atoms with van der Waals surface area (Å²) in [5.74, 6) is 2.05. The molecule has 3 aromatic rings. The van der Waals surface area contributed by atoms with Gasteiger partial charge >= 0.3 is 5.88 Å². The van der Waals surface area contributed by atoms with E-state index in [4.69, 9.17) is 15.2 Å². The van der Waals surface area contributed by atoms with Crippen LogP contribution in [0.2, 0.25) is 0 Å². The maximum Gasteiger partial charge on any atom is 0.306 e. The first-order valence-electron chi connectivity index (χ1n) is 8.55. The number of phenolic OH excluding ortho intramolecular Hbond substituents is 1. The predicted octanol–water partition coefficient (Wildman–Crippen LogP) is 1.94. The monoisotopic (exact) mass is 366 g/mol. The van der Waals surface area contributed by atoms with Crippen molar-refractivity contribution >= 4 is 5.82 Å². The minimum Gasteiger partial charge on any atom is -0.508 e. The third-order valence-corrected chi connectivity index (χ3v) is 4.72. The molecule has 1 aliphatic rings. The van der Waals surface area contributed by atoms with Crippen LogP contribution in [0.25, 0.3) is 0 Å². The van der Waals surface area contributed by atoms with Crippen molar-refractivity contribution < 1.29 is 24.3 Å². The molecule has 0 spiro atoms. The molecule has 0 amide bonds. The van der Waals surface area contributed by atoms with Crippen LogP contribution in [0.4, 0.5) is 5.82 Å². The summed E-state index contributed by atoms with van der Waals surface area (Å²) >= 11 is 0. The summed E-state index contributed by atoms with van der Waals surface area (Å²) in [7, 11) is 1.62. The highest BCUT2D eigenvalue weighted by atomic mass is 16.5. The number of anilines is 1. The Hall–Kier alpha value is -3.32. The van der Waals surface area contributed by atoms with Crippen LogP contribution in [0.3, 0.4) is 0 Å². The molecule has 0 saturated carbocycles. The van der Waals surface area contributed by atoms with Crippen molar-refractivity contribution in [1.29, 1.82) is 0 Å². The Labute approximate surface area is 156 Å². The number of methoxy groups -OCH3 is 1. The number of aliphatic hydroxyl groups excluding tert-OH is 1. The van der Waals surface area contributed by atoms with Crippen molar-refractivity contribution in [1.82, 2.24) is 4.98 Å². The summed E-state index contributed by atoms with van der Waals surface area (Å²) < 4.78 is 12.9. The molecule has 4 N–H and O–H groups in total. The molecule has 0 radical (unpaired) electrons. The SMILES string of the molecule is COc1ccc([C@@H]2c3ccc(O)cc3Oc3nc[n+](CCO)c(N)c32)cc1. The Bertz CT molecular complexity index is 989. The fourth-order valence-electron chi connectivity index (χ4n) is 3.41. The fourth-order valence-corrected chi connectivity index (χ4v) is 3.41. The lowest BCUT2D eigenvalue weighted by molar-refractivity contribution is -0.687. The van der Waals surface area contributed by atoms with E-state index in [1.165, 1.54) is 0 Å². The van der Waals surface area contributed by atoms with Crippen LogP contribution in [-0.2, 0) is 6.54 Å². The minimum absolute atomic E-state index is 0.0478. The molecule has 2 aromatic carbocycles. The summed E-state index contributed by atoms with van der Waals surface area (Å²) in [6.07, 6.45) is 1.54. The molecule has 0 unspecified atom stereocenters. The molecule has 2 heterocycles. The number of benzene rings is 2. The molecule has 7 heteroatoms. The van der Waals surface area contributed by atoms with E-state index in [0.29, 0.717) is 24.0 Å². The highest BCUT2D eigenvalue weighted by Gasteiger charge is 2.36. The first-order chi connectivity index (χ1) is 13.1. The van der Waals surface area contributed by atoms with Crippen LogP contribution < -0.4 is 19.8 Å². The summed E-state index contributed by atoms with van der Waals surface area (Å²) in [5.41, 5.74) is 9.01. The third kappa shape index (κ3) is 2.92. The van der Waals surface area contributed by atoms with Gasteiger partial charge in [0.25, 0.3) is 0 Å². The van der Waals surface area contributed by atoms with Crippen LogP contribution in [0.5, 0.6) is 23.1 Å². The van der Waals surface area contributed by atoms with Crippen LogP contribution in [-0.4, -0.2) is 28.9 Å². The largest absolute Gasteiger partial charge is 0.508 e. The summed E-state index contributed by atoms with van der Waals surface area (Å²) in [6, 6.07) is 12.7. The van der Waals surface area contributed by atoms with E-state index in [1.54, 1.807) is 30.1 Å². The molecule has 1 atom stereocenters. The second-order valence-corrected chi connectivity index (χ2v) is 6.30. The van der Waals surface area contributed by atoms with Gasteiger partial charge in [-0.3, -0.25) is 0 Å². The van der Waals surface area contributed by atoms with Crippen LogP contribution in [0.15, 0.2) is 48.8 Å². The predicted molar refractivity (Wildman–Crippen MR) is 98.1 cm³/mol. The molecule has 0 aliphatic carbocycles. The van der Waals surface area contributed by atoms with Crippen LogP contribution in [0.1, 0.15) is 22.6 Å². The fraction of sp³-hybridized carbons (Fsp3) is 0.200. The van der Waals surface area contributed by atoms with Gasteiger partial charge in [0.2, 0.25) is 12.1 Å². The Kier molecular flexibility index (Phi) is 4.29. The van der Waals surface area contributed by atoms with Gasteiger partial charge in [-0.15, -0.1) is 0 Å². The lowest BCUT2D eigenvalue weighted by atomic mass is 9.83. The van der Waals surface area contributed by atoms with Crippen molar-refractivity contribution in [2.75, 3.05) is 19.5 Å². The molecule has 0 saturated heterocycles.